The highest BCUT2D eigenvalue weighted by molar-refractivity contribution is 6.31. The number of aromatic amines is 1. The number of aromatic nitrogens is 4. The van der Waals surface area contributed by atoms with Gasteiger partial charge in [0, 0.05) is 22.8 Å². The molecule has 2 N–H and O–H groups in total. The third-order valence-electron chi connectivity index (χ3n) is 5.07. The van der Waals surface area contributed by atoms with Gasteiger partial charge in [-0.15, -0.1) is 0 Å². The van der Waals surface area contributed by atoms with Crippen LogP contribution in [0.3, 0.4) is 0 Å². The quantitative estimate of drug-likeness (QED) is 0.715. The zero-order chi connectivity index (χ0) is 17.8. The van der Waals surface area contributed by atoms with Gasteiger partial charge in [0.15, 0.2) is 5.82 Å². The number of halogens is 1. The van der Waals surface area contributed by atoms with E-state index in [2.05, 4.69) is 25.4 Å². The van der Waals surface area contributed by atoms with E-state index in [0.717, 1.165) is 41.9 Å². The van der Waals surface area contributed by atoms with Crippen molar-refractivity contribution in [2.75, 3.05) is 0 Å². The topological polar surface area (TPSA) is 96.7 Å². The number of carbonyl (C=O) groups is 1. The summed E-state index contributed by atoms with van der Waals surface area (Å²) < 4.78 is 5.28. The first-order chi connectivity index (χ1) is 12.6. The average molecular weight is 372 g/mol. The molecule has 0 bridgehead atoms. The molecule has 2 aliphatic rings. The Balaban J connectivity index is 1.24. The van der Waals surface area contributed by atoms with Gasteiger partial charge in [-0.05, 0) is 44.4 Å². The molecule has 2 heterocycles. The Bertz CT molecular complexity index is 993. The van der Waals surface area contributed by atoms with Crippen molar-refractivity contribution in [2.45, 2.75) is 44.1 Å². The van der Waals surface area contributed by atoms with Crippen molar-refractivity contribution in [1.82, 2.24) is 25.4 Å². The highest BCUT2D eigenvalue weighted by atomic mass is 35.5. The van der Waals surface area contributed by atoms with Gasteiger partial charge in [-0.3, -0.25) is 4.79 Å². The van der Waals surface area contributed by atoms with Gasteiger partial charge >= 0.3 is 0 Å². The monoisotopic (exact) mass is 371 g/mol. The van der Waals surface area contributed by atoms with Gasteiger partial charge in [-0.2, -0.15) is 4.98 Å². The third kappa shape index (κ3) is 2.86. The second-order valence-electron chi connectivity index (χ2n) is 7.23. The molecule has 2 saturated carbocycles. The lowest BCUT2D eigenvalue weighted by Gasteiger charge is -2.09. The Hall–Kier alpha value is -2.41. The maximum Gasteiger partial charge on any atom is 0.248 e. The first-order valence-electron chi connectivity index (χ1n) is 8.87. The molecule has 0 spiro atoms. The van der Waals surface area contributed by atoms with E-state index < -0.39 is 0 Å². The van der Waals surface area contributed by atoms with E-state index in [4.69, 9.17) is 16.1 Å². The molecule has 3 atom stereocenters. The van der Waals surface area contributed by atoms with Crippen LogP contribution in [0.15, 0.2) is 22.7 Å². The summed E-state index contributed by atoms with van der Waals surface area (Å²) in [4.78, 5) is 24.8. The highest BCUT2D eigenvalue weighted by Gasteiger charge is 2.46. The molecule has 5 rings (SSSR count). The Morgan fingerprint density at radius 3 is 3.04 bits per heavy atom. The Labute approximate surface area is 154 Å². The number of fused-ring (bicyclic) bond motifs is 1. The second-order valence-corrected chi connectivity index (χ2v) is 7.66. The molecule has 0 radical (unpaired) electrons. The van der Waals surface area contributed by atoms with E-state index >= 15 is 0 Å². The maximum atomic E-state index is 12.5. The number of imidazole rings is 1. The predicted molar refractivity (Wildman–Crippen MR) is 94.8 cm³/mol. The van der Waals surface area contributed by atoms with Gasteiger partial charge in [0.05, 0.1) is 11.0 Å². The van der Waals surface area contributed by atoms with Crippen molar-refractivity contribution in [3.63, 3.8) is 0 Å². The van der Waals surface area contributed by atoms with Crippen molar-refractivity contribution in [1.29, 1.82) is 0 Å². The second kappa shape index (κ2) is 5.81. The van der Waals surface area contributed by atoms with Crippen LogP contribution < -0.4 is 5.32 Å². The molecule has 0 saturated heterocycles. The van der Waals surface area contributed by atoms with Crippen molar-refractivity contribution in [3.8, 4) is 0 Å². The number of amides is 1. The fourth-order valence-electron chi connectivity index (χ4n) is 3.28. The van der Waals surface area contributed by atoms with E-state index in [1.807, 2.05) is 25.1 Å². The zero-order valence-corrected chi connectivity index (χ0v) is 15.0. The smallest absolute Gasteiger partial charge is 0.248 e. The average Bonchev–Trinajstić information content (AvgIpc) is 3.53. The van der Waals surface area contributed by atoms with Crippen LogP contribution in [0, 0.1) is 5.92 Å². The summed E-state index contributed by atoms with van der Waals surface area (Å²) in [6.45, 7) is 1.86. The van der Waals surface area contributed by atoms with E-state index in [1.165, 1.54) is 0 Å². The van der Waals surface area contributed by atoms with E-state index in [-0.39, 0.29) is 23.8 Å². The summed E-state index contributed by atoms with van der Waals surface area (Å²) in [6.07, 6.45) is 3.02. The van der Waals surface area contributed by atoms with Crippen LogP contribution in [0.5, 0.6) is 0 Å². The molecule has 2 aromatic heterocycles. The van der Waals surface area contributed by atoms with Crippen molar-refractivity contribution in [3.05, 3.63) is 40.8 Å². The number of H-pyrrole nitrogens is 1. The van der Waals surface area contributed by atoms with Gasteiger partial charge in [0.1, 0.15) is 11.9 Å². The minimum atomic E-state index is -0.293. The normalized spacial score (nSPS) is 23.2. The Kier molecular flexibility index (Phi) is 3.53. The van der Waals surface area contributed by atoms with Gasteiger partial charge in [0.25, 0.3) is 0 Å². The van der Waals surface area contributed by atoms with Gasteiger partial charge in [-0.1, -0.05) is 16.8 Å². The largest absolute Gasteiger partial charge is 0.344 e. The molecule has 8 heteroatoms. The van der Waals surface area contributed by atoms with Crippen LogP contribution in [-0.4, -0.2) is 26.0 Å². The SMILES string of the molecule is C[C@@H](NC(=O)C1CC1c1nc2ccc(Cl)cc2[nH]1)c1nc(C2CC2)no1. The number of rotatable bonds is 5. The Morgan fingerprint density at radius 2 is 2.23 bits per heavy atom. The first-order valence-corrected chi connectivity index (χ1v) is 9.25. The van der Waals surface area contributed by atoms with Gasteiger partial charge in [-0.25, -0.2) is 4.98 Å². The van der Waals surface area contributed by atoms with Crippen LogP contribution in [0.25, 0.3) is 11.0 Å². The summed E-state index contributed by atoms with van der Waals surface area (Å²) in [6, 6.07) is 5.25. The molecule has 1 aromatic carbocycles. The molecule has 1 amide bonds. The van der Waals surface area contributed by atoms with Crippen molar-refractivity contribution < 1.29 is 9.32 Å². The van der Waals surface area contributed by atoms with E-state index in [9.17, 15) is 4.79 Å². The van der Waals surface area contributed by atoms with Crippen molar-refractivity contribution in [2.24, 2.45) is 5.92 Å². The Morgan fingerprint density at radius 1 is 1.38 bits per heavy atom. The van der Waals surface area contributed by atoms with Crippen LogP contribution >= 0.6 is 11.6 Å². The van der Waals surface area contributed by atoms with Crippen molar-refractivity contribution >= 4 is 28.5 Å². The van der Waals surface area contributed by atoms with E-state index in [0.29, 0.717) is 16.8 Å². The molecule has 134 valence electrons. The number of benzene rings is 1. The molecule has 2 aliphatic carbocycles. The number of carbonyl (C=O) groups excluding carboxylic acids is 1. The molecular weight excluding hydrogens is 354 g/mol. The zero-order valence-electron chi connectivity index (χ0n) is 14.2. The number of hydrogen-bond donors (Lipinski definition) is 2. The molecule has 3 aromatic rings. The third-order valence-corrected chi connectivity index (χ3v) is 5.30. The molecule has 7 nitrogen and oxygen atoms in total. The highest BCUT2D eigenvalue weighted by Crippen LogP contribution is 2.47. The number of hydrogen-bond acceptors (Lipinski definition) is 5. The van der Waals surface area contributed by atoms with Gasteiger partial charge < -0.3 is 14.8 Å². The maximum absolute atomic E-state index is 12.5. The van der Waals surface area contributed by atoms with Crippen LogP contribution in [0.2, 0.25) is 5.02 Å². The molecule has 2 unspecified atom stereocenters. The molecule has 26 heavy (non-hydrogen) atoms. The summed E-state index contributed by atoms with van der Waals surface area (Å²) in [5, 5.41) is 7.64. The summed E-state index contributed by atoms with van der Waals surface area (Å²) >= 11 is 6.01. The standard InChI is InChI=1S/C18H18ClN5O2/c1-8(18-23-15(24-26-18)9-2-3-9)20-17(25)12-7-11(12)16-21-13-5-4-10(19)6-14(13)22-16/h4-6,8-9,11-12H,2-3,7H2,1H3,(H,20,25)(H,21,22)/t8-,11?,12?/m1/s1. The fourth-order valence-corrected chi connectivity index (χ4v) is 3.45. The number of nitrogens with one attached hydrogen (secondary N) is 2. The molecule has 0 aliphatic heterocycles. The summed E-state index contributed by atoms with van der Waals surface area (Å²) in [5.74, 6) is 2.51. The first kappa shape index (κ1) is 15.8. The lowest BCUT2D eigenvalue weighted by atomic mass is 10.2. The lowest BCUT2D eigenvalue weighted by Crippen LogP contribution is -2.28. The fraction of sp³-hybridized carbons (Fsp3) is 0.444. The van der Waals surface area contributed by atoms with Gasteiger partial charge in [0.2, 0.25) is 11.8 Å². The summed E-state index contributed by atoms with van der Waals surface area (Å²) in [7, 11) is 0. The number of nitrogens with zero attached hydrogens (tertiary/aromatic N) is 3. The minimum Gasteiger partial charge on any atom is -0.344 e. The molecule has 2 fully saturated rings. The lowest BCUT2D eigenvalue weighted by molar-refractivity contribution is -0.123. The van der Waals surface area contributed by atoms with E-state index in [1.54, 1.807) is 0 Å². The summed E-state index contributed by atoms with van der Waals surface area (Å²) in [5.41, 5.74) is 1.76. The van der Waals surface area contributed by atoms with Crippen LogP contribution in [-0.2, 0) is 4.79 Å². The van der Waals surface area contributed by atoms with Crippen LogP contribution in [0.1, 0.15) is 61.6 Å². The van der Waals surface area contributed by atoms with Crippen LogP contribution in [0.4, 0.5) is 0 Å². The predicted octanol–water partition coefficient (Wildman–Crippen LogP) is 3.46. The minimum absolute atomic E-state index is 0.00726. The molecular formula is C18H18ClN5O2.